The Kier molecular flexibility index (Phi) is 2.65. The Morgan fingerprint density at radius 1 is 1.50 bits per heavy atom. The first kappa shape index (κ1) is 7.50. The predicted octanol–water partition coefficient (Wildman–Crippen LogP) is 0.657. The van der Waals surface area contributed by atoms with E-state index >= 15 is 0 Å². The van der Waals surface area contributed by atoms with Crippen molar-refractivity contribution in [2.45, 2.75) is 11.7 Å². The molecule has 0 spiro atoms. The van der Waals surface area contributed by atoms with Gasteiger partial charge in [-0.25, -0.2) is 9.97 Å². The van der Waals surface area contributed by atoms with Gasteiger partial charge >= 0.3 is 0 Å². The summed E-state index contributed by atoms with van der Waals surface area (Å²) in [6, 6.07) is 0. The van der Waals surface area contributed by atoms with Gasteiger partial charge in [0.1, 0.15) is 0 Å². The van der Waals surface area contributed by atoms with E-state index in [0.29, 0.717) is 6.54 Å². The highest BCUT2D eigenvalue weighted by molar-refractivity contribution is 7.98. The average Bonchev–Trinajstić information content (AvgIpc) is 2.05. The van der Waals surface area contributed by atoms with Crippen LogP contribution in [0.5, 0.6) is 0 Å². The van der Waals surface area contributed by atoms with Crippen LogP contribution in [-0.2, 0) is 6.54 Å². The first-order valence-corrected chi connectivity index (χ1v) is 4.14. The number of rotatable bonds is 2. The third kappa shape index (κ3) is 1.68. The Morgan fingerprint density at radius 3 is 2.50 bits per heavy atom. The average molecular weight is 155 g/mol. The molecule has 0 aliphatic heterocycles. The maximum Gasteiger partial charge on any atom is 0.187 e. The summed E-state index contributed by atoms with van der Waals surface area (Å²) in [6.45, 7) is 0.509. The van der Waals surface area contributed by atoms with Gasteiger partial charge in [0, 0.05) is 24.5 Å². The number of nitrogens with two attached hydrogens (primary N) is 1. The van der Waals surface area contributed by atoms with E-state index in [4.69, 9.17) is 5.73 Å². The summed E-state index contributed by atoms with van der Waals surface area (Å²) in [7, 11) is 0. The number of hydrogen-bond donors (Lipinski definition) is 1. The van der Waals surface area contributed by atoms with Crippen molar-refractivity contribution in [3.63, 3.8) is 0 Å². The van der Waals surface area contributed by atoms with E-state index in [2.05, 4.69) is 9.97 Å². The molecule has 0 unspecified atom stereocenters. The first-order valence-electron chi connectivity index (χ1n) is 2.92. The Bertz CT molecular complexity index is 174. The summed E-state index contributed by atoms with van der Waals surface area (Å²) in [6.07, 6.45) is 5.44. The standard InChI is InChI=1S/C6H9N3S/c1-10-6-8-3-5(2-7)4-9-6/h3-4H,2,7H2,1H3. The quantitative estimate of drug-likeness (QED) is 0.503. The molecule has 3 nitrogen and oxygen atoms in total. The molecule has 0 atom stereocenters. The molecule has 0 saturated carbocycles. The minimum atomic E-state index is 0.509. The molecule has 1 rings (SSSR count). The van der Waals surface area contributed by atoms with Crippen molar-refractivity contribution < 1.29 is 0 Å². The number of aromatic nitrogens is 2. The van der Waals surface area contributed by atoms with Crippen molar-refractivity contribution in [2.24, 2.45) is 5.73 Å². The van der Waals surface area contributed by atoms with Crippen LogP contribution in [0.2, 0.25) is 0 Å². The van der Waals surface area contributed by atoms with E-state index in [1.807, 2.05) is 6.26 Å². The smallest absolute Gasteiger partial charge is 0.187 e. The minimum absolute atomic E-state index is 0.509. The van der Waals surface area contributed by atoms with Crippen LogP contribution < -0.4 is 5.73 Å². The van der Waals surface area contributed by atoms with Crippen LogP contribution in [0.4, 0.5) is 0 Å². The molecule has 10 heavy (non-hydrogen) atoms. The predicted molar refractivity (Wildman–Crippen MR) is 41.7 cm³/mol. The van der Waals surface area contributed by atoms with Crippen LogP contribution in [0.1, 0.15) is 5.56 Å². The molecular formula is C6H9N3S. The monoisotopic (exact) mass is 155 g/mol. The van der Waals surface area contributed by atoms with Gasteiger partial charge < -0.3 is 5.73 Å². The lowest BCUT2D eigenvalue weighted by Gasteiger charge is -1.95. The van der Waals surface area contributed by atoms with Crippen LogP contribution in [0.3, 0.4) is 0 Å². The van der Waals surface area contributed by atoms with Crippen LogP contribution in [0, 0.1) is 0 Å². The highest BCUT2D eigenvalue weighted by Gasteiger charge is 1.91. The van der Waals surface area contributed by atoms with Gasteiger partial charge in [-0.15, -0.1) is 0 Å². The van der Waals surface area contributed by atoms with Crippen LogP contribution in [-0.4, -0.2) is 16.2 Å². The van der Waals surface area contributed by atoms with Crippen LogP contribution >= 0.6 is 11.8 Å². The summed E-state index contributed by atoms with van der Waals surface area (Å²) >= 11 is 1.52. The van der Waals surface area contributed by atoms with E-state index in [1.165, 1.54) is 11.8 Å². The third-order valence-corrected chi connectivity index (χ3v) is 1.68. The largest absolute Gasteiger partial charge is 0.326 e. The molecule has 1 aromatic heterocycles. The van der Waals surface area contributed by atoms with Crippen molar-refractivity contribution >= 4 is 11.8 Å². The zero-order chi connectivity index (χ0) is 7.40. The van der Waals surface area contributed by atoms with Gasteiger partial charge in [-0.3, -0.25) is 0 Å². The molecule has 0 aliphatic rings. The van der Waals surface area contributed by atoms with E-state index in [1.54, 1.807) is 12.4 Å². The van der Waals surface area contributed by atoms with Gasteiger partial charge in [-0.1, -0.05) is 11.8 Å². The molecule has 0 fully saturated rings. The van der Waals surface area contributed by atoms with Gasteiger partial charge in [-0.2, -0.15) is 0 Å². The van der Waals surface area contributed by atoms with Crippen molar-refractivity contribution in [1.29, 1.82) is 0 Å². The molecular weight excluding hydrogens is 146 g/mol. The summed E-state index contributed by atoms with van der Waals surface area (Å²) in [4.78, 5) is 8.08. The summed E-state index contributed by atoms with van der Waals surface area (Å²) < 4.78 is 0. The molecule has 54 valence electrons. The molecule has 1 heterocycles. The number of thioether (sulfide) groups is 1. The fourth-order valence-electron chi connectivity index (χ4n) is 0.554. The maximum atomic E-state index is 5.35. The lowest BCUT2D eigenvalue weighted by atomic mass is 10.4. The Labute approximate surface area is 64.1 Å². The van der Waals surface area contributed by atoms with Crippen molar-refractivity contribution in [3.8, 4) is 0 Å². The molecule has 4 heteroatoms. The highest BCUT2D eigenvalue weighted by Crippen LogP contribution is 2.05. The van der Waals surface area contributed by atoms with Gasteiger partial charge in [0.15, 0.2) is 5.16 Å². The lowest BCUT2D eigenvalue weighted by molar-refractivity contribution is 0.916. The SMILES string of the molecule is CSc1ncc(CN)cn1. The fraction of sp³-hybridized carbons (Fsp3) is 0.333. The molecule has 1 aromatic rings. The minimum Gasteiger partial charge on any atom is -0.326 e. The zero-order valence-electron chi connectivity index (χ0n) is 5.74. The van der Waals surface area contributed by atoms with Crippen molar-refractivity contribution in [1.82, 2.24) is 9.97 Å². The summed E-state index contributed by atoms with van der Waals surface area (Å²) in [5.41, 5.74) is 6.32. The first-order chi connectivity index (χ1) is 4.86. The van der Waals surface area contributed by atoms with E-state index in [-0.39, 0.29) is 0 Å². The second-order valence-electron chi connectivity index (χ2n) is 1.78. The summed E-state index contributed by atoms with van der Waals surface area (Å²) in [5.74, 6) is 0. The number of hydrogen-bond acceptors (Lipinski definition) is 4. The topological polar surface area (TPSA) is 51.8 Å². The van der Waals surface area contributed by atoms with Gasteiger partial charge in [0.25, 0.3) is 0 Å². The lowest BCUT2D eigenvalue weighted by Crippen LogP contribution is -1.98. The van der Waals surface area contributed by atoms with Gasteiger partial charge in [0.05, 0.1) is 0 Å². The Hall–Kier alpha value is -0.610. The second kappa shape index (κ2) is 3.53. The van der Waals surface area contributed by atoms with Crippen molar-refractivity contribution in [3.05, 3.63) is 18.0 Å². The zero-order valence-corrected chi connectivity index (χ0v) is 6.56. The molecule has 0 saturated heterocycles. The molecule has 0 bridgehead atoms. The highest BCUT2D eigenvalue weighted by atomic mass is 32.2. The molecule has 0 aromatic carbocycles. The molecule has 0 aliphatic carbocycles. The summed E-state index contributed by atoms with van der Waals surface area (Å²) in [5, 5.41) is 0.789. The normalized spacial score (nSPS) is 9.80. The van der Waals surface area contributed by atoms with Gasteiger partial charge in [0.2, 0.25) is 0 Å². The fourth-order valence-corrected chi connectivity index (χ4v) is 0.870. The second-order valence-corrected chi connectivity index (χ2v) is 2.56. The van der Waals surface area contributed by atoms with Gasteiger partial charge in [-0.05, 0) is 6.26 Å². The molecule has 0 radical (unpaired) electrons. The third-order valence-electron chi connectivity index (χ3n) is 1.10. The Balaban J connectivity index is 2.80. The maximum absolute atomic E-state index is 5.35. The Morgan fingerprint density at radius 2 is 2.10 bits per heavy atom. The van der Waals surface area contributed by atoms with E-state index < -0.39 is 0 Å². The molecule has 0 amide bonds. The van der Waals surface area contributed by atoms with Crippen LogP contribution in [0.15, 0.2) is 17.6 Å². The molecule has 2 N–H and O–H groups in total. The van der Waals surface area contributed by atoms with E-state index in [9.17, 15) is 0 Å². The van der Waals surface area contributed by atoms with E-state index in [0.717, 1.165) is 10.7 Å². The van der Waals surface area contributed by atoms with Crippen LogP contribution in [0.25, 0.3) is 0 Å². The number of nitrogens with zero attached hydrogens (tertiary/aromatic N) is 2. The van der Waals surface area contributed by atoms with Crippen molar-refractivity contribution in [2.75, 3.05) is 6.26 Å².